The van der Waals surface area contributed by atoms with Gasteiger partial charge in [-0.05, 0) is 45.7 Å². The zero-order chi connectivity index (χ0) is 26.0. The molecular formula is C24H32F2N4O5S. The van der Waals surface area contributed by atoms with Crippen molar-refractivity contribution in [3.8, 4) is 11.4 Å². The molecule has 4 rings (SSSR count). The summed E-state index contributed by atoms with van der Waals surface area (Å²) in [4.78, 5) is 15.4. The normalized spacial score (nSPS) is 21.3. The van der Waals surface area contributed by atoms with Crippen LogP contribution in [-0.2, 0) is 14.8 Å². The van der Waals surface area contributed by atoms with Gasteiger partial charge in [0.15, 0.2) is 0 Å². The van der Waals surface area contributed by atoms with E-state index < -0.39 is 32.5 Å². The van der Waals surface area contributed by atoms with Gasteiger partial charge in [0.1, 0.15) is 23.4 Å². The Hall–Kier alpha value is -2.57. The number of halogens is 2. The standard InChI is InChI=1S/C24H32F2N4O5S/c1-4-34-20-5-6-21(14-20)35-23-22(28-7-9-29(10-8-28)36(32,33)16(2)3)15-27-30(24(23)31)19-12-17(25)11-18(26)13-19/h11-13,15-16,20-21H,4-10,14H2,1-3H3. The first-order valence-corrected chi connectivity index (χ1v) is 13.7. The zero-order valence-electron chi connectivity index (χ0n) is 20.7. The van der Waals surface area contributed by atoms with Crippen molar-refractivity contribution in [2.75, 3.05) is 37.7 Å². The molecule has 1 aliphatic heterocycles. The molecule has 2 aliphatic rings. The van der Waals surface area contributed by atoms with Gasteiger partial charge in [-0.1, -0.05) is 0 Å². The number of rotatable bonds is 8. The topological polar surface area (TPSA) is 94.0 Å². The van der Waals surface area contributed by atoms with E-state index in [0.29, 0.717) is 38.2 Å². The fourth-order valence-corrected chi connectivity index (χ4v) is 5.92. The molecule has 1 saturated heterocycles. The van der Waals surface area contributed by atoms with E-state index in [2.05, 4.69) is 5.10 Å². The highest BCUT2D eigenvalue weighted by molar-refractivity contribution is 7.89. The predicted molar refractivity (Wildman–Crippen MR) is 131 cm³/mol. The summed E-state index contributed by atoms with van der Waals surface area (Å²) in [6, 6.07) is 2.77. The fraction of sp³-hybridized carbons (Fsp3) is 0.583. The molecule has 1 aromatic carbocycles. The lowest BCUT2D eigenvalue weighted by Crippen LogP contribution is -2.50. The molecule has 12 heteroatoms. The van der Waals surface area contributed by atoms with E-state index in [0.717, 1.165) is 29.3 Å². The molecule has 1 aliphatic carbocycles. The molecule has 0 bridgehead atoms. The van der Waals surface area contributed by atoms with Crippen LogP contribution in [0, 0.1) is 11.6 Å². The van der Waals surface area contributed by atoms with Crippen molar-refractivity contribution < 1.29 is 26.7 Å². The summed E-state index contributed by atoms with van der Waals surface area (Å²) in [5.41, 5.74) is -0.274. The van der Waals surface area contributed by atoms with Crippen LogP contribution in [0.3, 0.4) is 0 Å². The molecule has 36 heavy (non-hydrogen) atoms. The second-order valence-electron chi connectivity index (χ2n) is 9.31. The Morgan fingerprint density at radius 3 is 2.31 bits per heavy atom. The van der Waals surface area contributed by atoms with Crippen LogP contribution < -0.4 is 15.2 Å². The summed E-state index contributed by atoms with van der Waals surface area (Å²) in [6.07, 6.45) is 3.31. The number of piperazine rings is 1. The van der Waals surface area contributed by atoms with Crippen LogP contribution in [0.5, 0.6) is 5.75 Å². The summed E-state index contributed by atoms with van der Waals surface area (Å²) in [6.45, 7) is 6.99. The maximum Gasteiger partial charge on any atom is 0.316 e. The van der Waals surface area contributed by atoms with Gasteiger partial charge in [0.2, 0.25) is 15.8 Å². The number of ether oxygens (including phenoxy) is 2. The lowest BCUT2D eigenvalue weighted by atomic mass is 10.2. The molecule has 198 valence electrons. The van der Waals surface area contributed by atoms with Gasteiger partial charge in [-0.25, -0.2) is 17.2 Å². The number of nitrogens with zero attached hydrogens (tertiary/aromatic N) is 4. The molecule has 2 unspecified atom stereocenters. The van der Waals surface area contributed by atoms with Crippen molar-refractivity contribution in [3.05, 3.63) is 46.4 Å². The third-order valence-corrected chi connectivity index (χ3v) is 8.84. The highest BCUT2D eigenvalue weighted by Gasteiger charge is 2.33. The maximum atomic E-state index is 13.9. The Labute approximate surface area is 209 Å². The van der Waals surface area contributed by atoms with E-state index in [4.69, 9.17) is 9.47 Å². The predicted octanol–water partition coefficient (Wildman–Crippen LogP) is 2.71. The molecule has 1 aromatic heterocycles. The van der Waals surface area contributed by atoms with Gasteiger partial charge in [0.05, 0.1) is 23.2 Å². The summed E-state index contributed by atoms with van der Waals surface area (Å²) in [5, 5.41) is 3.65. The molecule has 0 radical (unpaired) electrons. The summed E-state index contributed by atoms with van der Waals surface area (Å²) < 4.78 is 67.1. The summed E-state index contributed by atoms with van der Waals surface area (Å²) in [7, 11) is -3.40. The number of hydrogen-bond donors (Lipinski definition) is 0. The highest BCUT2D eigenvalue weighted by atomic mass is 32.2. The number of benzene rings is 1. The van der Waals surface area contributed by atoms with Crippen LogP contribution in [0.4, 0.5) is 14.5 Å². The second kappa shape index (κ2) is 10.8. The minimum absolute atomic E-state index is 0.0250. The lowest BCUT2D eigenvalue weighted by molar-refractivity contribution is 0.0588. The van der Waals surface area contributed by atoms with Crippen molar-refractivity contribution in [1.29, 1.82) is 0 Å². The third kappa shape index (κ3) is 5.55. The van der Waals surface area contributed by atoms with E-state index >= 15 is 0 Å². The molecule has 1 saturated carbocycles. The van der Waals surface area contributed by atoms with E-state index in [1.807, 2.05) is 11.8 Å². The average Bonchev–Trinajstić information content (AvgIpc) is 3.27. The van der Waals surface area contributed by atoms with E-state index in [-0.39, 0.29) is 36.7 Å². The van der Waals surface area contributed by atoms with Gasteiger partial charge in [-0.3, -0.25) is 4.79 Å². The smallest absolute Gasteiger partial charge is 0.316 e. The molecule has 0 spiro atoms. The molecule has 9 nitrogen and oxygen atoms in total. The molecule has 0 N–H and O–H groups in total. The van der Waals surface area contributed by atoms with Crippen LogP contribution in [0.25, 0.3) is 5.69 Å². The van der Waals surface area contributed by atoms with E-state index in [9.17, 15) is 22.0 Å². The monoisotopic (exact) mass is 526 g/mol. The van der Waals surface area contributed by atoms with Gasteiger partial charge in [0, 0.05) is 45.3 Å². The Kier molecular flexibility index (Phi) is 7.96. The van der Waals surface area contributed by atoms with Gasteiger partial charge in [-0.15, -0.1) is 0 Å². The molecule has 2 atom stereocenters. The molecule has 2 fully saturated rings. The molecular weight excluding hydrogens is 494 g/mol. The number of sulfonamides is 1. The quantitative estimate of drug-likeness (QED) is 0.522. The minimum atomic E-state index is -3.40. The number of aromatic nitrogens is 2. The van der Waals surface area contributed by atoms with Crippen molar-refractivity contribution in [2.24, 2.45) is 0 Å². The van der Waals surface area contributed by atoms with Crippen LogP contribution in [-0.4, -0.2) is 72.7 Å². The van der Waals surface area contributed by atoms with Gasteiger partial charge in [-0.2, -0.15) is 14.1 Å². The SMILES string of the molecule is CCOC1CCC(Oc2c(N3CCN(S(=O)(=O)C(C)C)CC3)cnn(-c3cc(F)cc(F)c3)c2=O)C1. The van der Waals surface area contributed by atoms with Crippen molar-refractivity contribution in [2.45, 2.75) is 57.5 Å². The minimum Gasteiger partial charge on any atom is -0.483 e. The summed E-state index contributed by atoms with van der Waals surface area (Å²) in [5.74, 6) is -1.64. The van der Waals surface area contributed by atoms with Crippen molar-refractivity contribution in [3.63, 3.8) is 0 Å². The van der Waals surface area contributed by atoms with E-state index in [1.54, 1.807) is 13.8 Å². The number of hydrogen-bond acceptors (Lipinski definition) is 7. The van der Waals surface area contributed by atoms with Gasteiger partial charge < -0.3 is 14.4 Å². The van der Waals surface area contributed by atoms with Gasteiger partial charge in [0.25, 0.3) is 0 Å². The van der Waals surface area contributed by atoms with Crippen molar-refractivity contribution in [1.82, 2.24) is 14.1 Å². The second-order valence-corrected chi connectivity index (χ2v) is 11.8. The van der Waals surface area contributed by atoms with Crippen LogP contribution in [0.15, 0.2) is 29.2 Å². The Morgan fingerprint density at radius 2 is 1.69 bits per heavy atom. The Balaban J connectivity index is 1.66. The van der Waals surface area contributed by atoms with Crippen LogP contribution in [0.1, 0.15) is 40.0 Å². The van der Waals surface area contributed by atoms with Crippen LogP contribution in [0.2, 0.25) is 0 Å². The van der Waals surface area contributed by atoms with Crippen LogP contribution >= 0.6 is 0 Å². The zero-order valence-corrected chi connectivity index (χ0v) is 21.5. The molecule has 0 amide bonds. The number of anilines is 1. The molecule has 2 heterocycles. The largest absolute Gasteiger partial charge is 0.483 e. The van der Waals surface area contributed by atoms with Crippen molar-refractivity contribution >= 4 is 15.7 Å². The maximum absolute atomic E-state index is 13.9. The average molecular weight is 527 g/mol. The highest BCUT2D eigenvalue weighted by Crippen LogP contribution is 2.31. The fourth-order valence-electron chi connectivity index (χ4n) is 4.65. The first-order chi connectivity index (χ1) is 17.1. The Morgan fingerprint density at radius 1 is 1.06 bits per heavy atom. The van der Waals surface area contributed by atoms with E-state index in [1.165, 1.54) is 10.5 Å². The lowest BCUT2D eigenvalue weighted by Gasteiger charge is -2.36. The van der Waals surface area contributed by atoms with Gasteiger partial charge >= 0.3 is 5.56 Å². The first kappa shape index (κ1) is 26.5. The first-order valence-electron chi connectivity index (χ1n) is 12.2. The molecule has 2 aromatic rings. The third-order valence-electron chi connectivity index (χ3n) is 6.56. The summed E-state index contributed by atoms with van der Waals surface area (Å²) >= 11 is 0. The Bertz CT molecular complexity index is 1230.